The smallest absolute Gasteiger partial charge is 0.192 e. The molecular weight excluding hydrogens is 436 g/mol. The van der Waals surface area contributed by atoms with E-state index in [1.807, 2.05) is 0 Å². The lowest BCUT2D eigenvalue weighted by molar-refractivity contribution is -0.282. The molecule has 2 fully saturated rings. The van der Waals surface area contributed by atoms with Crippen LogP contribution in [-0.2, 0) is 23.1 Å². The summed E-state index contributed by atoms with van der Waals surface area (Å²) in [5.74, 6) is 0.448. The summed E-state index contributed by atoms with van der Waals surface area (Å²) in [5.41, 5.74) is -0.630. The highest BCUT2D eigenvalue weighted by Crippen LogP contribution is 2.62. The van der Waals surface area contributed by atoms with Gasteiger partial charge in [-0.15, -0.1) is 0 Å². The predicted octanol–water partition coefficient (Wildman–Crippen LogP) is 5.78. The monoisotopic (exact) mass is 482 g/mol. The number of aldehydes is 1. The molecular formula is C25H46O5Si2. The Kier molecular flexibility index (Phi) is 6.91. The van der Waals surface area contributed by atoms with Gasteiger partial charge in [0.2, 0.25) is 0 Å². The van der Waals surface area contributed by atoms with Crippen molar-refractivity contribution in [3.8, 4) is 0 Å². The Bertz CT molecular complexity index is 736. The highest BCUT2D eigenvalue weighted by Gasteiger charge is 2.68. The van der Waals surface area contributed by atoms with Gasteiger partial charge in [0, 0.05) is 13.0 Å². The lowest BCUT2D eigenvalue weighted by atomic mass is 9.63. The van der Waals surface area contributed by atoms with Gasteiger partial charge in [0.05, 0.1) is 18.1 Å². The first-order chi connectivity index (χ1) is 14.5. The summed E-state index contributed by atoms with van der Waals surface area (Å²) in [6, 6.07) is 0. The Morgan fingerprint density at radius 3 is 2.12 bits per heavy atom. The van der Waals surface area contributed by atoms with Crippen molar-refractivity contribution in [2.45, 2.75) is 103 Å². The minimum absolute atomic E-state index is 0.0149. The van der Waals surface area contributed by atoms with Crippen LogP contribution in [0.25, 0.3) is 0 Å². The van der Waals surface area contributed by atoms with Gasteiger partial charge < -0.3 is 23.1 Å². The number of rotatable bonds is 7. The van der Waals surface area contributed by atoms with Gasteiger partial charge in [-0.1, -0.05) is 53.7 Å². The summed E-state index contributed by atoms with van der Waals surface area (Å²) in [7, 11) is -2.48. The quantitative estimate of drug-likeness (QED) is 0.262. The number of carbonyl (C=O) groups is 1. The highest BCUT2D eigenvalue weighted by molar-refractivity contribution is 6.74. The van der Waals surface area contributed by atoms with Crippen LogP contribution in [0.3, 0.4) is 0 Å². The molecule has 1 aliphatic heterocycles. The first-order valence-corrected chi connectivity index (χ1v) is 18.0. The Hall–Kier alpha value is -0.316. The lowest BCUT2D eigenvalue weighted by Crippen LogP contribution is -2.66. The zero-order valence-electron chi connectivity index (χ0n) is 22.2. The van der Waals surface area contributed by atoms with Crippen molar-refractivity contribution >= 4 is 22.9 Å². The second kappa shape index (κ2) is 8.41. The van der Waals surface area contributed by atoms with E-state index in [0.29, 0.717) is 12.5 Å². The van der Waals surface area contributed by atoms with Gasteiger partial charge in [-0.2, -0.15) is 0 Å². The molecule has 7 atom stereocenters. The topological polar surface area (TPSA) is 54.0 Å². The number of ether oxygens (including phenoxy) is 2. The third-order valence-corrected chi connectivity index (χ3v) is 18.3. The van der Waals surface area contributed by atoms with Gasteiger partial charge in [-0.3, -0.25) is 0 Å². The van der Waals surface area contributed by atoms with Crippen LogP contribution in [0.2, 0.25) is 36.3 Å². The number of hydrogen-bond acceptors (Lipinski definition) is 5. The van der Waals surface area contributed by atoms with Crippen LogP contribution in [0.15, 0.2) is 12.2 Å². The molecule has 0 aromatic rings. The minimum Gasteiger partial charge on any atom is -0.414 e. The summed E-state index contributed by atoms with van der Waals surface area (Å²) in [5, 5.41) is 0.126. The Labute approximate surface area is 197 Å². The minimum atomic E-state index is -2.18. The number of hydrogen-bond donors (Lipinski definition) is 0. The van der Waals surface area contributed by atoms with Gasteiger partial charge in [0.15, 0.2) is 22.9 Å². The maximum atomic E-state index is 13.0. The van der Waals surface area contributed by atoms with Gasteiger partial charge in [0.1, 0.15) is 12.4 Å². The second-order valence-corrected chi connectivity index (χ2v) is 22.7. The van der Waals surface area contributed by atoms with Crippen molar-refractivity contribution in [1.82, 2.24) is 0 Å². The Balaban J connectivity index is 2.02. The third kappa shape index (κ3) is 4.15. The molecule has 32 heavy (non-hydrogen) atoms. The molecule has 7 heteroatoms. The molecule has 0 amide bonds. The number of allylic oxidation sites excluding steroid dienone is 2. The fourth-order valence-corrected chi connectivity index (χ4v) is 7.57. The van der Waals surface area contributed by atoms with E-state index in [-0.39, 0.29) is 34.1 Å². The van der Waals surface area contributed by atoms with Gasteiger partial charge >= 0.3 is 0 Å². The SMILES string of the molecule is CO[C@H]1O[C@H](CO[Si](C)(C)C(C)(C)C)[C@@H](O[Si](C)(C)C(C)(C)C)[C@@]2(C=O)[C@@H]1[C@@H]1C=C[C@H]2C1. The van der Waals surface area contributed by atoms with E-state index in [4.69, 9.17) is 18.3 Å². The molecule has 0 aromatic carbocycles. The van der Waals surface area contributed by atoms with Crippen molar-refractivity contribution in [1.29, 1.82) is 0 Å². The molecule has 0 radical (unpaired) electrons. The fraction of sp³-hybridized carbons (Fsp3) is 0.880. The van der Waals surface area contributed by atoms with E-state index < -0.39 is 28.3 Å². The maximum Gasteiger partial charge on any atom is 0.192 e. The van der Waals surface area contributed by atoms with Crippen molar-refractivity contribution in [3.05, 3.63) is 12.2 Å². The number of methoxy groups -OCH3 is 1. The Morgan fingerprint density at radius 1 is 1.03 bits per heavy atom. The van der Waals surface area contributed by atoms with Crippen LogP contribution in [-0.4, -0.2) is 55.1 Å². The molecule has 0 unspecified atom stereocenters. The second-order valence-electron chi connectivity index (χ2n) is 13.2. The normalized spacial score (nSPS) is 37.6. The number of carbonyl (C=O) groups excluding carboxylic acids is 1. The molecule has 1 heterocycles. The fourth-order valence-electron chi connectivity index (χ4n) is 5.21. The van der Waals surface area contributed by atoms with Crippen LogP contribution < -0.4 is 0 Å². The maximum absolute atomic E-state index is 13.0. The average molecular weight is 483 g/mol. The van der Waals surface area contributed by atoms with Gasteiger partial charge in [-0.05, 0) is 54.5 Å². The van der Waals surface area contributed by atoms with Crippen LogP contribution in [0.5, 0.6) is 0 Å². The van der Waals surface area contributed by atoms with E-state index in [0.717, 1.165) is 6.42 Å². The molecule has 0 aromatic heterocycles. The molecule has 2 bridgehead atoms. The summed E-state index contributed by atoms with van der Waals surface area (Å²) >= 11 is 0. The van der Waals surface area contributed by atoms with Crippen LogP contribution >= 0.6 is 0 Å². The van der Waals surface area contributed by atoms with Gasteiger partial charge in [0.25, 0.3) is 0 Å². The first-order valence-electron chi connectivity index (χ1n) is 12.2. The zero-order valence-corrected chi connectivity index (χ0v) is 24.2. The van der Waals surface area contributed by atoms with E-state index in [2.05, 4.69) is 79.9 Å². The van der Waals surface area contributed by atoms with Crippen LogP contribution in [0.1, 0.15) is 48.0 Å². The molecule has 0 N–H and O–H groups in total. The first kappa shape index (κ1) is 26.3. The summed E-state index contributed by atoms with van der Waals surface area (Å²) in [6.45, 7) is 22.9. The molecule has 1 saturated carbocycles. The Morgan fingerprint density at radius 2 is 1.62 bits per heavy atom. The predicted molar refractivity (Wildman–Crippen MR) is 134 cm³/mol. The van der Waals surface area contributed by atoms with Gasteiger partial charge in [-0.25, -0.2) is 0 Å². The zero-order chi connectivity index (χ0) is 24.3. The molecule has 3 rings (SSSR count). The highest BCUT2D eigenvalue weighted by atomic mass is 28.4. The largest absolute Gasteiger partial charge is 0.414 e. The molecule has 5 nitrogen and oxygen atoms in total. The summed E-state index contributed by atoms with van der Waals surface area (Å²) in [6.07, 6.45) is 5.56. The summed E-state index contributed by atoms with van der Waals surface area (Å²) < 4.78 is 26.2. The van der Waals surface area contributed by atoms with Crippen molar-refractivity contribution in [2.24, 2.45) is 23.2 Å². The van der Waals surface area contributed by atoms with E-state index in [1.54, 1.807) is 7.11 Å². The molecule has 0 spiro atoms. The van der Waals surface area contributed by atoms with Crippen LogP contribution in [0.4, 0.5) is 0 Å². The molecule has 2 aliphatic carbocycles. The van der Waals surface area contributed by atoms with E-state index >= 15 is 0 Å². The van der Waals surface area contributed by atoms with Crippen LogP contribution in [0, 0.1) is 23.2 Å². The lowest BCUT2D eigenvalue weighted by Gasteiger charge is -2.55. The molecule has 3 aliphatic rings. The van der Waals surface area contributed by atoms with Crippen molar-refractivity contribution in [2.75, 3.05) is 13.7 Å². The summed E-state index contributed by atoms with van der Waals surface area (Å²) in [4.78, 5) is 13.0. The third-order valence-electron chi connectivity index (χ3n) is 9.31. The standard InChI is InChI=1S/C25H46O5Si2/c1-23(2,3)31(8,9)28-15-19-21(30-32(10,11)24(4,5)6)25(16-26)18-13-12-17(14-18)20(25)22(27-7)29-19/h12-13,16-22H,14-15H2,1-11H3/t17-,18+,19-,20-,21-,22+,25-/m1/s1. The molecule has 1 saturated heterocycles. The average Bonchev–Trinajstić information content (AvgIpc) is 3.26. The van der Waals surface area contributed by atoms with E-state index in [1.165, 1.54) is 6.29 Å². The van der Waals surface area contributed by atoms with E-state index in [9.17, 15) is 4.79 Å². The van der Waals surface area contributed by atoms with Crippen molar-refractivity contribution in [3.63, 3.8) is 0 Å². The number of fused-ring (bicyclic) bond motifs is 5. The molecule has 184 valence electrons. The van der Waals surface area contributed by atoms with Crippen molar-refractivity contribution < 1.29 is 23.1 Å².